The van der Waals surface area contributed by atoms with Crippen LogP contribution >= 0.6 is 0 Å². The zero-order chi connectivity index (χ0) is 11.1. The fourth-order valence-electron chi connectivity index (χ4n) is 1.74. The summed E-state index contributed by atoms with van der Waals surface area (Å²) < 4.78 is 15.6. The van der Waals surface area contributed by atoms with Crippen molar-refractivity contribution in [3.05, 3.63) is 48.2 Å². The van der Waals surface area contributed by atoms with Crippen molar-refractivity contribution in [3.63, 3.8) is 0 Å². The maximum Gasteiger partial charge on any atom is 0.0663 e. The van der Waals surface area contributed by atoms with Gasteiger partial charge in [0.15, 0.2) is 0 Å². The number of fused-ring (bicyclic) bond motifs is 3. The monoisotopic (exact) mass is 403 g/mol. The van der Waals surface area contributed by atoms with Crippen LogP contribution in [0, 0.1) is 23.2 Å². The number of pyridine rings is 1. The Morgan fingerprint density at radius 2 is 2.24 bits per heavy atom. The summed E-state index contributed by atoms with van der Waals surface area (Å²) in [6, 6.07) is 7.67. The number of halogens is 1. The minimum atomic E-state index is -0.512. The van der Waals surface area contributed by atoms with Crippen molar-refractivity contribution in [2.24, 2.45) is 0 Å². The van der Waals surface area contributed by atoms with E-state index in [-0.39, 0.29) is 25.7 Å². The molecule has 0 fully saturated rings. The Morgan fingerprint density at radius 3 is 3.00 bits per heavy atom. The molecule has 0 aliphatic carbocycles. The molecule has 2 heterocycles. The molecular formula is C12H5FIrN3-. The average molecular weight is 402 g/mol. The van der Waals surface area contributed by atoms with Crippen LogP contribution in [0.2, 0.25) is 0 Å². The molecule has 5 heteroatoms. The Bertz CT molecular complexity index is 742. The number of benzene rings is 1. The van der Waals surface area contributed by atoms with Crippen LogP contribution in [0.15, 0.2) is 30.7 Å². The number of rotatable bonds is 0. The number of nitriles is 1. The van der Waals surface area contributed by atoms with Crippen molar-refractivity contribution in [1.29, 1.82) is 5.26 Å². The quantitative estimate of drug-likeness (QED) is 0.542. The second-order valence-corrected chi connectivity index (χ2v) is 3.39. The summed E-state index contributed by atoms with van der Waals surface area (Å²) in [7, 11) is 0. The molecule has 85 valence electrons. The number of imidazole rings is 1. The summed E-state index contributed by atoms with van der Waals surface area (Å²) in [6.45, 7) is 0. The molecule has 3 rings (SSSR count). The first-order valence-corrected chi connectivity index (χ1v) is 4.67. The molecule has 0 atom stereocenters. The van der Waals surface area contributed by atoms with Gasteiger partial charge in [-0.15, -0.1) is 12.1 Å². The minimum absolute atomic E-state index is 0. The smallest absolute Gasteiger partial charge is 0.0663 e. The summed E-state index contributed by atoms with van der Waals surface area (Å²) in [5, 5.41) is 9.68. The summed E-state index contributed by atoms with van der Waals surface area (Å²) in [6.07, 6.45) is 5.13. The molecule has 1 aromatic carbocycles. The first kappa shape index (κ1) is 11.7. The van der Waals surface area contributed by atoms with Gasteiger partial charge in [0.25, 0.3) is 0 Å². The molecule has 3 nitrogen and oxygen atoms in total. The van der Waals surface area contributed by atoms with E-state index in [9.17, 15) is 4.39 Å². The van der Waals surface area contributed by atoms with Gasteiger partial charge in [0.05, 0.1) is 17.5 Å². The third kappa shape index (κ3) is 1.62. The van der Waals surface area contributed by atoms with Crippen molar-refractivity contribution < 1.29 is 24.5 Å². The molecule has 0 aliphatic heterocycles. The van der Waals surface area contributed by atoms with Gasteiger partial charge in [-0.3, -0.25) is 4.98 Å². The van der Waals surface area contributed by atoms with E-state index in [0.29, 0.717) is 16.4 Å². The number of aromatic nitrogens is 2. The Hall–Kier alpha value is -1.76. The van der Waals surface area contributed by atoms with Crippen molar-refractivity contribution in [2.45, 2.75) is 0 Å². The van der Waals surface area contributed by atoms with E-state index in [0.717, 1.165) is 0 Å². The molecule has 17 heavy (non-hydrogen) atoms. The molecule has 0 bridgehead atoms. The standard InChI is InChI=1S/C12H5FN3.Ir/c13-11-8(7-14)1-2-10-9(11)3-5-16-6-4-15-12(10)16;/h1,3-6H;/q-1;. The van der Waals surface area contributed by atoms with Gasteiger partial charge >= 0.3 is 0 Å². The maximum absolute atomic E-state index is 13.8. The van der Waals surface area contributed by atoms with Gasteiger partial charge in [0.2, 0.25) is 0 Å². The summed E-state index contributed by atoms with van der Waals surface area (Å²) >= 11 is 0. The fraction of sp³-hybridized carbons (Fsp3) is 0. The number of hydrogen-bond acceptors (Lipinski definition) is 2. The van der Waals surface area contributed by atoms with Gasteiger partial charge in [-0.05, 0) is 6.20 Å². The van der Waals surface area contributed by atoms with E-state index in [1.807, 2.05) is 0 Å². The zero-order valence-electron chi connectivity index (χ0n) is 8.44. The van der Waals surface area contributed by atoms with Gasteiger partial charge < -0.3 is 4.40 Å². The molecule has 0 unspecified atom stereocenters. The fourth-order valence-corrected chi connectivity index (χ4v) is 1.74. The summed E-state index contributed by atoms with van der Waals surface area (Å²) in [5.41, 5.74) is 0.643. The minimum Gasteiger partial charge on any atom is -0.347 e. The Balaban J connectivity index is 0.00000108. The molecule has 0 spiro atoms. The van der Waals surface area contributed by atoms with Crippen LogP contribution in [-0.4, -0.2) is 9.38 Å². The van der Waals surface area contributed by atoms with Crippen molar-refractivity contribution >= 4 is 16.4 Å². The van der Waals surface area contributed by atoms with Crippen LogP contribution in [0.1, 0.15) is 5.56 Å². The SMILES string of the molecule is N#Cc1c[c-]c2c(ccn3ccnc23)c1F.[Ir]. The maximum atomic E-state index is 13.8. The third-order valence-electron chi connectivity index (χ3n) is 2.52. The second-order valence-electron chi connectivity index (χ2n) is 3.39. The molecular weight excluding hydrogens is 397 g/mol. The van der Waals surface area contributed by atoms with Gasteiger partial charge in [-0.25, -0.2) is 9.65 Å². The van der Waals surface area contributed by atoms with Crippen LogP contribution in [0.3, 0.4) is 0 Å². The first-order chi connectivity index (χ1) is 7.81. The van der Waals surface area contributed by atoms with Crippen molar-refractivity contribution in [2.75, 3.05) is 0 Å². The molecule has 0 saturated carbocycles. The molecule has 0 saturated heterocycles. The van der Waals surface area contributed by atoms with E-state index in [1.165, 1.54) is 6.07 Å². The zero-order valence-corrected chi connectivity index (χ0v) is 10.8. The van der Waals surface area contributed by atoms with Crippen LogP contribution in [0.25, 0.3) is 16.4 Å². The van der Waals surface area contributed by atoms with Crippen molar-refractivity contribution in [3.8, 4) is 6.07 Å². The van der Waals surface area contributed by atoms with Crippen LogP contribution in [0.5, 0.6) is 0 Å². The van der Waals surface area contributed by atoms with Gasteiger partial charge in [-0.2, -0.15) is 0 Å². The molecule has 1 radical (unpaired) electrons. The van der Waals surface area contributed by atoms with Gasteiger partial charge in [0.1, 0.15) is 0 Å². The average Bonchev–Trinajstić information content (AvgIpc) is 2.77. The largest absolute Gasteiger partial charge is 0.347 e. The van der Waals surface area contributed by atoms with Crippen LogP contribution in [-0.2, 0) is 20.1 Å². The molecule has 0 amide bonds. The van der Waals surface area contributed by atoms with E-state index in [1.54, 1.807) is 35.1 Å². The van der Waals surface area contributed by atoms with E-state index < -0.39 is 5.82 Å². The Labute approximate surface area is 110 Å². The Kier molecular flexibility index (Phi) is 2.93. The molecule has 2 aromatic heterocycles. The van der Waals surface area contributed by atoms with Crippen LogP contribution < -0.4 is 0 Å². The predicted octanol–water partition coefficient (Wildman–Crippen LogP) is 2.30. The predicted molar refractivity (Wildman–Crippen MR) is 56.2 cm³/mol. The molecule has 3 aromatic rings. The third-order valence-corrected chi connectivity index (χ3v) is 2.52. The molecule has 0 N–H and O–H groups in total. The van der Waals surface area contributed by atoms with Gasteiger partial charge in [0, 0.05) is 38.1 Å². The van der Waals surface area contributed by atoms with E-state index in [4.69, 9.17) is 5.26 Å². The van der Waals surface area contributed by atoms with Crippen molar-refractivity contribution in [1.82, 2.24) is 9.38 Å². The molecule has 0 aliphatic rings. The first-order valence-electron chi connectivity index (χ1n) is 4.67. The van der Waals surface area contributed by atoms with Gasteiger partial charge in [-0.1, -0.05) is 16.8 Å². The Morgan fingerprint density at radius 1 is 1.41 bits per heavy atom. The summed E-state index contributed by atoms with van der Waals surface area (Å²) in [4.78, 5) is 4.13. The van der Waals surface area contributed by atoms with E-state index >= 15 is 0 Å². The topological polar surface area (TPSA) is 41.1 Å². The van der Waals surface area contributed by atoms with Crippen LogP contribution in [0.4, 0.5) is 4.39 Å². The number of nitrogens with zero attached hydrogens (tertiary/aromatic N) is 3. The number of hydrogen-bond donors (Lipinski definition) is 0. The normalized spacial score (nSPS) is 10.1. The summed E-state index contributed by atoms with van der Waals surface area (Å²) in [5.74, 6) is -0.512. The second kappa shape index (κ2) is 4.25. The van der Waals surface area contributed by atoms with E-state index in [2.05, 4.69) is 11.1 Å².